The Kier molecular flexibility index (Phi) is 2.49. The van der Waals surface area contributed by atoms with Crippen LogP contribution in [0.4, 0.5) is 0 Å². The minimum atomic E-state index is 0.0800. The highest BCUT2D eigenvalue weighted by Gasteiger charge is 2.09. The van der Waals surface area contributed by atoms with Crippen LogP contribution in [0.15, 0.2) is 18.3 Å². The highest BCUT2D eigenvalue weighted by atomic mass is 127. The third-order valence-electron chi connectivity index (χ3n) is 1.83. The van der Waals surface area contributed by atoms with E-state index in [9.17, 15) is 4.79 Å². The van der Waals surface area contributed by atoms with Gasteiger partial charge in [-0.2, -0.15) is 5.10 Å². The van der Waals surface area contributed by atoms with Crippen LogP contribution in [0.25, 0.3) is 11.0 Å². The number of hydrogen-bond donors (Lipinski definition) is 0. The van der Waals surface area contributed by atoms with E-state index < -0.39 is 0 Å². The van der Waals surface area contributed by atoms with Crippen LogP contribution in [0.2, 0.25) is 0 Å². The van der Waals surface area contributed by atoms with Gasteiger partial charge in [0.05, 0.1) is 5.39 Å². The fourth-order valence-corrected chi connectivity index (χ4v) is 1.97. The van der Waals surface area contributed by atoms with E-state index >= 15 is 0 Å². The number of pyridine rings is 1. The Morgan fingerprint density at radius 1 is 1.64 bits per heavy atom. The molecule has 0 unspecified atom stereocenters. The first-order valence-corrected chi connectivity index (χ1v) is 5.23. The highest BCUT2D eigenvalue weighted by Crippen LogP contribution is 2.17. The summed E-state index contributed by atoms with van der Waals surface area (Å²) in [5.41, 5.74) is 0.770. The first kappa shape index (κ1) is 9.57. The van der Waals surface area contributed by atoms with Crippen LogP contribution in [0.1, 0.15) is 6.92 Å². The third-order valence-corrected chi connectivity index (χ3v) is 2.63. The van der Waals surface area contributed by atoms with E-state index in [0.29, 0.717) is 0 Å². The molecule has 0 aliphatic rings. The zero-order valence-electron chi connectivity index (χ0n) is 7.57. The van der Waals surface area contributed by atoms with Gasteiger partial charge in [0, 0.05) is 6.20 Å². The number of aromatic nitrogens is 3. The summed E-state index contributed by atoms with van der Waals surface area (Å²) in [6.07, 6.45) is 1.71. The fourth-order valence-electron chi connectivity index (χ4n) is 1.29. The molecule has 0 bridgehead atoms. The van der Waals surface area contributed by atoms with Crippen molar-refractivity contribution < 1.29 is 4.79 Å². The van der Waals surface area contributed by atoms with Crippen molar-refractivity contribution in [3.63, 3.8) is 0 Å². The average molecular weight is 301 g/mol. The van der Waals surface area contributed by atoms with Crippen molar-refractivity contribution >= 4 is 39.4 Å². The molecule has 0 amide bonds. The van der Waals surface area contributed by atoms with E-state index in [1.54, 1.807) is 17.8 Å². The van der Waals surface area contributed by atoms with Gasteiger partial charge in [-0.25, -0.2) is 9.67 Å². The molecule has 2 heterocycles. The lowest BCUT2D eigenvalue weighted by Crippen LogP contribution is -2.08. The van der Waals surface area contributed by atoms with Crippen molar-refractivity contribution in [3.05, 3.63) is 22.0 Å². The second-order valence-electron chi connectivity index (χ2n) is 3.03. The van der Waals surface area contributed by atoms with Crippen LogP contribution in [0.5, 0.6) is 0 Å². The molecular weight excluding hydrogens is 293 g/mol. The maximum Gasteiger partial charge on any atom is 0.159 e. The van der Waals surface area contributed by atoms with Crippen molar-refractivity contribution in [3.8, 4) is 0 Å². The predicted octanol–water partition coefficient (Wildman–Crippen LogP) is 1.62. The molecule has 0 aliphatic carbocycles. The molecule has 0 spiro atoms. The Bertz CT molecular complexity index is 492. The summed E-state index contributed by atoms with van der Waals surface area (Å²) in [7, 11) is 0. The first-order valence-electron chi connectivity index (χ1n) is 4.15. The molecule has 0 atom stereocenters. The third kappa shape index (κ3) is 1.63. The first-order chi connectivity index (χ1) is 6.68. The molecule has 0 aliphatic heterocycles. The van der Waals surface area contributed by atoms with Gasteiger partial charge in [-0.1, -0.05) is 0 Å². The lowest BCUT2D eigenvalue weighted by atomic mass is 10.3. The Labute approximate surface area is 94.5 Å². The average Bonchev–Trinajstić information content (AvgIpc) is 2.44. The Morgan fingerprint density at radius 3 is 3.14 bits per heavy atom. The van der Waals surface area contributed by atoms with Crippen molar-refractivity contribution in [2.45, 2.75) is 13.5 Å². The van der Waals surface area contributed by atoms with Gasteiger partial charge in [0.15, 0.2) is 11.4 Å². The fraction of sp³-hybridized carbons (Fsp3) is 0.222. The number of nitrogens with zero attached hydrogens (tertiary/aromatic N) is 3. The van der Waals surface area contributed by atoms with Gasteiger partial charge in [-0.05, 0) is 41.6 Å². The van der Waals surface area contributed by atoms with Crippen molar-refractivity contribution in [2.75, 3.05) is 0 Å². The van der Waals surface area contributed by atoms with Gasteiger partial charge in [0.1, 0.15) is 10.2 Å². The molecule has 4 nitrogen and oxygen atoms in total. The number of ketones is 1. The minimum absolute atomic E-state index is 0.0800. The lowest BCUT2D eigenvalue weighted by molar-refractivity contribution is -0.117. The number of carbonyl (C=O) groups is 1. The van der Waals surface area contributed by atoms with Crippen LogP contribution in [-0.4, -0.2) is 20.5 Å². The molecule has 0 radical (unpaired) electrons. The molecule has 0 N–H and O–H groups in total. The summed E-state index contributed by atoms with van der Waals surface area (Å²) >= 11 is 2.14. The summed E-state index contributed by atoms with van der Waals surface area (Å²) in [6, 6.07) is 3.82. The van der Waals surface area contributed by atoms with Crippen molar-refractivity contribution in [1.82, 2.24) is 14.8 Å². The maximum atomic E-state index is 11.0. The summed E-state index contributed by atoms with van der Waals surface area (Å²) in [6.45, 7) is 1.83. The zero-order valence-corrected chi connectivity index (χ0v) is 9.72. The lowest BCUT2D eigenvalue weighted by Gasteiger charge is -1.97. The topological polar surface area (TPSA) is 47.8 Å². The summed E-state index contributed by atoms with van der Waals surface area (Å²) in [5.74, 6) is 0.0800. The van der Waals surface area contributed by atoms with Gasteiger partial charge in [0.2, 0.25) is 0 Å². The van der Waals surface area contributed by atoms with Crippen molar-refractivity contribution in [2.24, 2.45) is 0 Å². The molecular formula is C9H8IN3O. The van der Waals surface area contributed by atoms with Crippen LogP contribution < -0.4 is 0 Å². The normalized spacial score (nSPS) is 10.7. The molecule has 0 aromatic carbocycles. The Balaban J connectivity index is 2.60. The molecule has 2 aromatic rings. The van der Waals surface area contributed by atoms with Crippen molar-refractivity contribution in [1.29, 1.82) is 0 Å². The summed E-state index contributed by atoms with van der Waals surface area (Å²) < 4.78 is 2.52. The minimum Gasteiger partial charge on any atom is -0.298 e. The van der Waals surface area contributed by atoms with E-state index in [4.69, 9.17) is 0 Å². The largest absolute Gasteiger partial charge is 0.298 e. The number of fused-ring (bicyclic) bond motifs is 1. The molecule has 5 heteroatoms. The number of halogens is 1. The van der Waals surface area contributed by atoms with Gasteiger partial charge >= 0.3 is 0 Å². The van der Waals surface area contributed by atoms with E-state index in [1.165, 1.54) is 0 Å². The predicted molar refractivity (Wildman–Crippen MR) is 60.9 cm³/mol. The standard InChI is InChI=1S/C9H8IN3O/c1-6(14)5-13-9-7(8(10)12-13)3-2-4-11-9/h2-4H,5H2,1H3. The quantitative estimate of drug-likeness (QED) is 0.792. The molecule has 0 fully saturated rings. The van der Waals surface area contributed by atoms with Crippen LogP contribution >= 0.6 is 22.6 Å². The monoisotopic (exact) mass is 301 g/mol. The van der Waals surface area contributed by atoms with E-state index in [2.05, 4.69) is 32.7 Å². The second kappa shape index (κ2) is 3.64. The van der Waals surface area contributed by atoms with E-state index in [0.717, 1.165) is 14.7 Å². The second-order valence-corrected chi connectivity index (χ2v) is 4.05. The molecule has 2 rings (SSSR count). The van der Waals surface area contributed by atoms with Crippen LogP contribution in [-0.2, 0) is 11.3 Å². The molecule has 0 saturated carbocycles. The molecule has 72 valence electrons. The van der Waals surface area contributed by atoms with Gasteiger partial charge < -0.3 is 0 Å². The summed E-state index contributed by atoms with van der Waals surface area (Å²) in [5, 5.41) is 5.24. The van der Waals surface area contributed by atoms with E-state index in [-0.39, 0.29) is 12.3 Å². The Hall–Kier alpha value is -0.980. The van der Waals surface area contributed by atoms with E-state index in [1.807, 2.05) is 12.1 Å². The Morgan fingerprint density at radius 2 is 2.43 bits per heavy atom. The number of carbonyl (C=O) groups excluding carboxylic acids is 1. The number of Topliss-reactive ketones (excluding diaryl/α,β-unsaturated/α-hetero) is 1. The number of rotatable bonds is 2. The summed E-state index contributed by atoms with van der Waals surface area (Å²) in [4.78, 5) is 15.2. The highest BCUT2D eigenvalue weighted by molar-refractivity contribution is 14.1. The smallest absolute Gasteiger partial charge is 0.159 e. The zero-order chi connectivity index (χ0) is 10.1. The molecule has 0 saturated heterocycles. The van der Waals surface area contributed by atoms with Gasteiger partial charge in [-0.3, -0.25) is 4.79 Å². The van der Waals surface area contributed by atoms with Crippen LogP contribution in [0, 0.1) is 3.70 Å². The number of hydrogen-bond acceptors (Lipinski definition) is 3. The van der Waals surface area contributed by atoms with Crippen LogP contribution in [0.3, 0.4) is 0 Å². The molecule has 14 heavy (non-hydrogen) atoms. The molecule has 2 aromatic heterocycles. The maximum absolute atomic E-state index is 11.0. The van der Waals surface area contributed by atoms with Gasteiger partial charge in [0.25, 0.3) is 0 Å². The van der Waals surface area contributed by atoms with Gasteiger partial charge in [-0.15, -0.1) is 0 Å². The SMILES string of the molecule is CC(=O)Cn1nc(I)c2cccnc21.